The fourth-order valence-electron chi connectivity index (χ4n) is 1.74. The summed E-state index contributed by atoms with van der Waals surface area (Å²) in [5.41, 5.74) is 4.22. The number of carbonyl (C=O) groups is 1. The van der Waals surface area contributed by atoms with Crippen LogP contribution in [0.3, 0.4) is 0 Å². The van der Waals surface area contributed by atoms with Gasteiger partial charge in [-0.25, -0.2) is 4.79 Å². The summed E-state index contributed by atoms with van der Waals surface area (Å²) in [5.74, 6) is -3.35. The minimum Gasteiger partial charge on any atom is -0.457 e. The van der Waals surface area contributed by atoms with Crippen molar-refractivity contribution in [2.45, 2.75) is 25.0 Å². The number of hydrogen-bond acceptors (Lipinski definition) is 7. The maximum Gasteiger partial charge on any atom is 0.573 e. The molecule has 7 nitrogen and oxygen atoms in total. The standard InChI is InChI=1S/C14H11F6N3O4/c1-12(21,6-25-11(24)13(15,16)17)10-22-9(23-27-10)7-2-4-8(5-3-7)26-14(18,19)20/h2-5H,6,21H2,1H3. The Kier molecular flexibility index (Phi) is 5.35. The molecular weight excluding hydrogens is 388 g/mol. The van der Waals surface area contributed by atoms with Gasteiger partial charge in [0.1, 0.15) is 17.9 Å². The van der Waals surface area contributed by atoms with E-state index < -0.39 is 36.4 Å². The number of halogens is 6. The number of ether oxygens (including phenoxy) is 2. The van der Waals surface area contributed by atoms with Crippen LogP contribution < -0.4 is 10.5 Å². The van der Waals surface area contributed by atoms with Crippen LogP contribution in [0, 0.1) is 0 Å². The smallest absolute Gasteiger partial charge is 0.457 e. The molecule has 1 aromatic carbocycles. The zero-order valence-electron chi connectivity index (χ0n) is 13.4. The highest BCUT2D eigenvalue weighted by Crippen LogP contribution is 2.27. The van der Waals surface area contributed by atoms with Crippen LogP contribution in [0.5, 0.6) is 5.75 Å². The van der Waals surface area contributed by atoms with Gasteiger partial charge >= 0.3 is 18.5 Å². The van der Waals surface area contributed by atoms with E-state index in [4.69, 9.17) is 10.3 Å². The first-order valence-corrected chi connectivity index (χ1v) is 7.01. The highest BCUT2D eigenvalue weighted by molar-refractivity contribution is 5.75. The van der Waals surface area contributed by atoms with Crippen LogP contribution in [-0.4, -0.2) is 35.3 Å². The molecule has 27 heavy (non-hydrogen) atoms. The van der Waals surface area contributed by atoms with Crippen molar-refractivity contribution in [2.75, 3.05) is 6.61 Å². The number of benzene rings is 1. The summed E-state index contributed by atoms with van der Waals surface area (Å²) in [4.78, 5) is 14.6. The second kappa shape index (κ2) is 7.06. The Hall–Kier alpha value is -2.83. The van der Waals surface area contributed by atoms with Gasteiger partial charge in [0.15, 0.2) is 0 Å². The average molecular weight is 399 g/mol. The molecule has 0 bridgehead atoms. The first kappa shape index (κ1) is 20.5. The van der Waals surface area contributed by atoms with Gasteiger partial charge < -0.3 is 19.7 Å². The number of carbonyl (C=O) groups excluding carboxylic acids is 1. The Morgan fingerprint density at radius 2 is 1.74 bits per heavy atom. The van der Waals surface area contributed by atoms with Gasteiger partial charge in [0, 0.05) is 5.56 Å². The minimum absolute atomic E-state index is 0.0950. The molecule has 0 saturated heterocycles. The third kappa shape index (κ3) is 5.57. The van der Waals surface area contributed by atoms with Crippen molar-refractivity contribution < 1.29 is 45.1 Å². The summed E-state index contributed by atoms with van der Waals surface area (Å²) < 4.78 is 85.4. The normalized spacial score (nSPS) is 14.5. The maximum atomic E-state index is 12.1. The molecule has 0 saturated carbocycles. The molecule has 0 aliphatic carbocycles. The van der Waals surface area contributed by atoms with Crippen molar-refractivity contribution in [1.29, 1.82) is 0 Å². The van der Waals surface area contributed by atoms with Crippen LogP contribution in [0.15, 0.2) is 28.8 Å². The van der Waals surface area contributed by atoms with Gasteiger partial charge in [0.25, 0.3) is 0 Å². The third-order valence-corrected chi connectivity index (χ3v) is 3.00. The fraction of sp³-hybridized carbons (Fsp3) is 0.357. The SMILES string of the molecule is CC(N)(COC(=O)C(F)(F)F)c1nc(-c2ccc(OC(F)(F)F)cc2)no1. The third-order valence-electron chi connectivity index (χ3n) is 3.00. The maximum absolute atomic E-state index is 12.1. The Bertz CT molecular complexity index is 798. The molecule has 1 heterocycles. The Labute approximate surface area is 147 Å². The molecule has 148 valence electrons. The second-order valence-electron chi connectivity index (χ2n) is 5.49. The zero-order chi connectivity index (χ0) is 20.5. The van der Waals surface area contributed by atoms with Crippen molar-refractivity contribution in [3.8, 4) is 17.1 Å². The molecule has 13 heteroatoms. The van der Waals surface area contributed by atoms with Gasteiger partial charge in [-0.05, 0) is 31.2 Å². The van der Waals surface area contributed by atoms with Crippen LogP contribution in [0.4, 0.5) is 26.3 Å². The van der Waals surface area contributed by atoms with E-state index in [1.54, 1.807) is 0 Å². The van der Waals surface area contributed by atoms with Crippen molar-refractivity contribution in [3.63, 3.8) is 0 Å². The number of rotatable bonds is 5. The fourth-order valence-corrected chi connectivity index (χ4v) is 1.74. The lowest BCUT2D eigenvalue weighted by Crippen LogP contribution is -2.41. The summed E-state index contributed by atoms with van der Waals surface area (Å²) >= 11 is 0. The van der Waals surface area contributed by atoms with E-state index in [9.17, 15) is 31.1 Å². The minimum atomic E-state index is -5.18. The predicted octanol–water partition coefficient (Wildman–Crippen LogP) is 2.91. The first-order valence-electron chi connectivity index (χ1n) is 7.01. The van der Waals surface area contributed by atoms with E-state index in [2.05, 4.69) is 19.6 Å². The van der Waals surface area contributed by atoms with Crippen LogP contribution in [0.25, 0.3) is 11.4 Å². The molecule has 1 unspecified atom stereocenters. The van der Waals surface area contributed by atoms with Crippen LogP contribution in [0.2, 0.25) is 0 Å². The number of nitrogens with zero attached hydrogens (tertiary/aromatic N) is 2. The summed E-state index contributed by atoms with van der Waals surface area (Å²) in [5, 5.41) is 3.54. The number of nitrogens with two attached hydrogens (primary N) is 1. The van der Waals surface area contributed by atoms with E-state index in [-0.39, 0.29) is 17.3 Å². The lowest BCUT2D eigenvalue weighted by molar-refractivity contribution is -0.274. The lowest BCUT2D eigenvalue weighted by Gasteiger charge is -2.19. The number of hydrogen-bond donors (Lipinski definition) is 1. The molecule has 2 aromatic rings. The second-order valence-corrected chi connectivity index (χ2v) is 5.49. The molecule has 0 spiro atoms. The van der Waals surface area contributed by atoms with E-state index in [1.165, 1.54) is 19.1 Å². The van der Waals surface area contributed by atoms with Crippen molar-refractivity contribution in [2.24, 2.45) is 5.73 Å². The molecule has 1 atom stereocenters. The summed E-state index contributed by atoms with van der Waals surface area (Å²) in [6, 6.07) is 4.41. The summed E-state index contributed by atoms with van der Waals surface area (Å²) in [6.45, 7) is 0.291. The predicted molar refractivity (Wildman–Crippen MR) is 75.0 cm³/mol. The zero-order valence-corrected chi connectivity index (χ0v) is 13.4. The van der Waals surface area contributed by atoms with Crippen molar-refractivity contribution >= 4 is 5.97 Å². The topological polar surface area (TPSA) is 100 Å². The summed E-state index contributed by atoms with van der Waals surface area (Å²) in [7, 11) is 0. The molecule has 0 amide bonds. The highest BCUT2D eigenvalue weighted by atomic mass is 19.4. The van der Waals surface area contributed by atoms with E-state index in [1.807, 2.05) is 0 Å². The van der Waals surface area contributed by atoms with Crippen LogP contribution in [0.1, 0.15) is 12.8 Å². The van der Waals surface area contributed by atoms with E-state index in [0.717, 1.165) is 12.1 Å². The molecule has 0 aliphatic rings. The molecule has 0 aliphatic heterocycles. The quantitative estimate of drug-likeness (QED) is 0.610. The highest BCUT2D eigenvalue weighted by Gasteiger charge is 2.42. The largest absolute Gasteiger partial charge is 0.573 e. The van der Waals surface area contributed by atoms with Crippen molar-refractivity contribution in [1.82, 2.24) is 10.1 Å². The number of alkyl halides is 6. The van der Waals surface area contributed by atoms with E-state index >= 15 is 0 Å². The Balaban J connectivity index is 2.10. The monoisotopic (exact) mass is 399 g/mol. The summed E-state index contributed by atoms with van der Waals surface area (Å²) in [6.07, 6.45) is -10.0. The van der Waals surface area contributed by atoms with Crippen LogP contribution in [-0.2, 0) is 15.1 Å². The molecule has 0 fully saturated rings. The van der Waals surface area contributed by atoms with Crippen molar-refractivity contribution in [3.05, 3.63) is 30.2 Å². The Morgan fingerprint density at radius 1 is 1.15 bits per heavy atom. The molecule has 0 radical (unpaired) electrons. The van der Waals surface area contributed by atoms with Gasteiger partial charge in [0.05, 0.1) is 0 Å². The van der Waals surface area contributed by atoms with E-state index in [0.29, 0.717) is 0 Å². The number of esters is 1. The average Bonchev–Trinajstić information content (AvgIpc) is 3.01. The molecular formula is C14H11F6N3O4. The molecule has 1 aromatic heterocycles. The van der Waals surface area contributed by atoms with Gasteiger partial charge in [-0.15, -0.1) is 13.2 Å². The number of aromatic nitrogens is 2. The lowest BCUT2D eigenvalue weighted by atomic mass is 10.1. The van der Waals surface area contributed by atoms with Crippen LogP contribution >= 0.6 is 0 Å². The van der Waals surface area contributed by atoms with Gasteiger partial charge in [-0.1, -0.05) is 5.16 Å². The molecule has 2 rings (SSSR count). The molecule has 2 N–H and O–H groups in total. The van der Waals surface area contributed by atoms with Gasteiger partial charge in [0.2, 0.25) is 11.7 Å². The van der Waals surface area contributed by atoms with Gasteiger partial charge in [-0.2, -0.15) is 18.2 Å². The first-order chi connectivity index (χ1) is 12.3. The van der Waals surface area contributed by atoms with Gasteiger partial charge in [-0.3, -0.25) is 0 Å². The Morgan fingerprint density at radius 3 is 2.26 bits per heavy atom.